The third-order valence-corrected chi connectivity index (χ3v) is 2.08. The van der Waals surface area contributed by atoms with Gasteiger partial charge < -0.3 is 0 Å². The minimum Gasteiger partial charge on any atom is -0.285 e. The van der Waals surface area contributed by atoms with Gasteiger partial charge in [0.05, 0.1) is 4.76 Å². The molecule has 1 heterocycles. The number of hydrogen-bond acceptors (Lipinski definition) is 2. The predicted molar refractivity (Wildman–Crippen MR) is 58.4 cm³/mol. The first-order valence-corrected chi connectivity index (χ1v) is 4.83. The van der Waals surface area contributed by atoms with Crippen molar-refractivity contribution >= 4 is 27.7 Å². The SMILES string of the molecule is O=c1ccn(C(P)(P)P)c(=O)[nH]1. The fourth-order valence-electron chi connectivity index (χ4n) is 0.722. The van der Waals surface area contributed by atoms with Crippen molar-refractivity contribution in [2.45, 2.75) is 4.76 Å². The van der Waals surface area contributed by atoms with Gasteiger partial charge >= 0.3 is 5.69 Å². The minimum absolute atomic E-state index is 0.388. The van der Waals surface area contributed by atoms with Gasteiger partial charge in [-0.3, -0.25) is 14.3 Å². The van der Waals surface area contributed by atoms with Crippen LogP contribution in [-0.2, 0) is 4.76 Å². The van der Waals surface area contributed by atoms with E-state index in [1.165, 1.54) is 16.8 Å². The Hall–Kier alpha value is -0.0300. The van der Waals surface area contributed by atoms with E-state index in [0.29, 0.717) is 0 Å². The molecule has 1 aromatic rings. The lowest BCUT2D eigenvalue weighted by molar-refractivity contribution is 0.734. The van der Waals surface area contributed by atoms with E-state index < -0.39 is 10.5 Å². The molecule has 0 aliphatic carbocycles. The topological polar surface area (TPSA) is 54.9 Å². The highest BCUT2D eigenvalue weighted by atomic mass is 31.1. The largest absolute Gasteiger partial charge is 0.329 e. The smallest absolute Gasteiger partial charge is 0.285 e. The first-order chi connectivity index (χ1) is 5.41. The zero-order chi connectivity index (χ0) is 9.35. The van der Waals surface area contributed by atoms with Crippen molar-refractivity contribution in [1.82, 2.24) is 9.55 Å². The van der Waals surface area contributed by atoms with Crippen molar-refractivity contribution in [2.75, 3.05) is 0 Å². The molecule has 12 heavy (non-hydrogen) atoms. The molecular weight excluding hydrogens is 213 g/mol. The van der Waals surface area contributed by atoms with Gasteiger partial charge in [-0.25, -0.2) is 4.79 Å². The first kappa shape index (κ1) is 10.1. The Balaban J connectivity index is 3.39. The number of nitrogens with one attached hydrogen (secondary N) is 1. The Kier molecular flexibility index (Phi) is 2.83. The molecule has 0 fully saturated rings. The van der Waals surface area contributed by atoms with Gasteiger partial charge in [0, 0.05) is 12.3 Å². The Bertz CT molecular complexity index is 389. The maximum atomic E-state index is 11.2. The van der Waals surface area contributed by atoms with Crippen LogP contribution < -0.4 is 11.2 Å². The molecule has 0 saturated heterocycles. The van der Waals surface area contributed by atoms with Crippen molar-refractivity contribution in [3.05, 3.63) is 33.1 Å². The molecule has 0 amide bonds. The van der Waals surface area contributed by atoms with Crippen molar-refractivity contribution in [2.24, 2.45) is 0 Å². The van der Waals surface area contributed by atoms with Crippen LogP contribution in [0.2, 0.25) is 0 Å². The fourth-order valence-corrected chi connectivity index (χ4v) is 1.33. The van der Waals surface area contributed by atoms with E-state index in [1.54, 1.807) is 0 Å². The summed E-state index contributed by atoms with van der Waals surface area (Å²) >= 11 is 0. The van der Waals surface area contributed by atoms with Gasteiger partial charge in [0.15, 0.2) is 0 Å². The van der Waals surface area contributed by atoms with Gasteiger partial charge in [-0.2, -0.15) is 0 Å². The van der Waals surface area contributed by atoms with Crippen LogP contribution in [0.1, 0.15) is 0 Å². The number of aromatic amines is 1. The molecule has 66 valence electrons. The van der Waals surface area contributed by atoms with Crippen LogP contribution in [0.5, 0.6) is 0 Å². The summed E-state index contributed by atoms with van der Waals surface area (Å²) in [5.74, 6) is 0. The molecule has 0 aliphatic rings. The summed E-state index contributed by atoms with van der Waals surface area (Å²) in [7, 11) is 7.34. The maximum Gasteiger partial charge on any atom is 0.329 e. The van der Waals surface area contributed by atoms with Gasteiger partial charge in [0.2, 0.25) is 0 Å². The second-order valence-corrected chi connectivity index (χ2v) is 7.14. The summed E-state index contributed by atoms with van der Waals surface area (Å²) in [6.45, 7) is 0. The van der Waals surface area contributed by atoms with Gasteiger partial charge in [-0.05, 0) is 0 Å². The lowest BCUT2D eigenvalue weighted by Gasteiger charge is -2.20. The molecule has 1 aromatic heterocycles. The van der Waals surface area contributed by atoms with Crippen LogP contribution in [0.25, 0.3) is 0 Å². The van der Waals surface area contributed by atoms with E-state index >= 15 is 0 Å². The number of nitrogens with zero attached hydrogens (tertiary/aromatic N) is 1. The van der Waals surface area contributed by atoms with E-state index in [2.05, 4.69) is 32.7 Å². The molecule has 0 aromatic carbocycles. The second kappa shape index (κ2) is 3.38. The molecule has 0 bridgehead atoms. The molecule has 7 heteroatoms. The van der Waals surface area contributed by atoms with E-state index in [9.17, 15) is 9.59 Å². The van der Waals surface area contributed by atoms with Gasteiger partial charge in [0.1, 0.15) is 0 Å². The van der Waals surface area contributed by atoms with Crippen LogP contribution in [0.15, 0.2) is 21.9 Å². The molecule has 0 spiro atoms. The molecule has 0 radical (unpaired) electrons. The average molecular weight is 222 g/mol. The summed E-state index contributed by atoms with van der Waals surface area (Å²) in [5.41, 5.74) is -0.817. The summed E-state index contributed by atoms with van der Waals surface area (Å²) < 4.78 is 0.829. The highest BCUT2D eigenvalue weighted by molar-refractivity contribution is 7.55. The normalized spacial score (nSPS) is 11.6. The summed E-state index contributed by atoms with van der Waals surface area (Å²) in [4.78, 5) is 24.0. The molecule has 3 unspecified atom stereocenters. The second-order valence-electron chi connectivity index (χ2n) is 2.37. The zero-order valence-electron chi connectivity index (χ0n) is 6.15. The Morgan fingerprint density at radius 2 is 1.92 bits per heavy atom. The molecular formula is C5H9N2O2P3. The molecule has 4 nitrogen and oxygen atoms in total. The highest BCUT2D eigenvalue weighted by Gasteiger charge is 2.14. The first-order valence-electron chi connectivity index (χ1n) is 3.10. The number of rotatable bonds is 1. The van der Waals surface area contributed by atoms with E-state index in [1.807, 2.05) is 0 Å². The maximum absolute atomic E-state index is 11.2. The zero-order valence-corrected chi connectivity index (χ0v) is 9.61. The van der Waals surface area contributed by atoms with E-state index in [4.69, 9.17) is 0 Å². The van der Waals surface area contributed by atoms with E-state index in [0.717, 1.165) is 0 Å². The van der Waals surface area contributed by atoms with Crippen LogP contribution in [0.4, 0.5) is 0 Å². The molecule has 1 N–H and O–H groups in total. The summed E-state index contributed by atoms with van der Waals surface area (Å²) in [6, 6.07) is 1.30. The van der Waals surface area contributed by atoms with Gasteiger partial charge in [-0.15, -0.1) is 27.7 Å². The van der Waals surface area contributed by atoms with Crippen molar-refractivity contribution in [3.8, 4) is 0 Å². The Labute approximate surface area is 75.8 Å². The molecule has 0 saturated carbocycles. The van der Waals surface area contributed by atoms with Gasteiger partial charge in [-0.1, -0.05) is 0 Å². The molecule has 0 aliphatic heterocycles. The van der Waals surface area contributed by atoms with Crippen molar-refractivity contribution in [3.63, 3.8) is 0 Å². The number of H-pyrrole nitrogens is 1. The fraction of sp³-hybridized carbons (Fsp3) is 0.200. The number of aromatic nitrogens is 2. The minimum atomic E-state index is -0.540. The third kappa shape index (κ3) is 2.23. The van der Waals surface area contributed by atoms with Crippen LogP contribution in [-0.4, -0.2) is 9.55 Å². The molecule has 3 atom stereocenters. The molecule has 1 rings (SSSR count). The number of hydrogen-bond donors (Lipinski definition) is 1. The Morgan fingerprint density at radius 3 is 2.33 bits per heavy atom. The lowest BCUT2D eigenvalue weighted by Crippen LogP contribution is -2.33. The van der Waals surface area contributed by atoms with Crippen LogP contribution in [0, 0.1) is 0 Å². The third-order valence-electron chi connectivity index (χ3n) is 1.24. The van der Waals surface area contributed by atoms with E-state index in [-0.39, 0.29) is 5.56 Å². The monoisotopic (exact) mass is 222 g/mol. The predicted octanol–water partition coefficient (Wildman–Crippen LogP) is -0.270. The standard InChI is InChI=1S/C5H9N2O2P3/c8-3-1-2-7(4(9)6-3)5(10,11)12/h1-2H,10-12H2,(H,6,8,9). The average Bonchev–Trinajstić information content (AvgIpc) is 1.83. The van der Waals surface area contributed by atoms with Crippen molar-refractivity contribution < 1.29 is 0 Å². The quantitative estimate of drug-likeness (QED) is 0.665. The van der Waals surface area contributed by atoms with Crippen LogP contribution in [0.3, 0.4) is 0 Å². The van der Waals surface area contributed by atoms with Crippen LogP contribution >= 0.6 is 27.7 Å². The Morgan fingerprint density at radius 1 is 1.33 bits per heavy atom. The lowest BCUT2D eigenvalue weighted by atomic mass is 10.6. The highest BCUT2D eigenvalue weighted by Crippen LogP contribution is 2.37. The van der Waals surface area contributed by atoms with Crippen molar-refractivity contribution in [1.29, 1.82) is 0 Å². The van der Waals surface area contributed by atoms with Gasteiger partial charge in [0.25, 0.3) is 5.56 Å². The summed E-state index contributed by atoms with van der Waals surface area (Å²) in [5, 5.41) is 0. The summed E-state index contributed by atoms with van der Waals surface area (Å²) in [6.07, 6.45) is 1.44.